The first-order valence-electron chi connectivity index (χ1n) is 8.67. The molecule has 5 heteroatoms. The van der Waals surface area contributed by atoms with Crippen LogP contribution in [0.3, 0.4) is 0 Å². The summed E-state index contributed by atoms with van der Waals surface area (Å²) >= 11 is 0. The van der Waals surface area contributed by atoms with Crippen molar-refractivity contribution in [3.8, 4) is 11.1 Å². The van der Waals surface area contributed by atoms with Gasteiger partial charge in [-0.15, -0.1) is 0 Å². The Morgan fingerprint density at radius 1 is 1.29 bits per heavy atom. The second kappa shape index (κ2) is 7.18. The number of carbonyl (C=O) groups excluding carboxylic acids is 1. The summed E-state index contributed by atoms with van der Waals surface area (Å²) in [5.41, 5.74) is 2.84. The molecular weight excluding hydrogens is 300 g/mol. The van der Waals surface area contributed by atoms with Gasteiger partial charge in [-0.25, -0.2) is 0 Å². The summed E-state index contributed by atoms with van der Waals surface area (Å²) in [6.45, 7) is 5.02. The first kappa shape index (κ1) is 16.7. The summed E-state index contributed by atoms with van der Waals surface area (Å²) in [6, 6.07) is 8.20. The number of aromatic nitrogens is 2. The monoisotopic (exact) mass is 326 g/mol. The van der Waals surface area contributed by atoms with Gasteiger partial charge in [-0.2, -0.15) is 5.10 Å². The van der Waals surface area contributed by atoms with Gasteiger partial charge < -0.3 is 9.80 Å². The number of benzene rings is 1. The molecule has 0 saturated carbocycles. The molecule has 2 aromatic rings. The highest BCUT2D eigenvalue weighted by atomic mass is 16.2. The molecule has 1 aromatic carbocycles. The normalized spacial score (nSPS) is 16.3. The zero-order valence-corrected chi connectivity index (χ0v) is 14.8. The van der Waals surface area contributed by atoms with Gasteiger partial charge in [0.15, 0.2) is 0 Å². The number of amides is 1. The lowest BCUT2D eigenvalue weighted by Crippen LogP contribution is -2.44. The van der Waals surface area contributed by atoms with Crippen LogP contribution in [-0.4, -0.2) is 58.7 Å². The maximum Gasteiger partial charge on any atom is 0.253 e. The predicted octanol–water partition coefficient (Wildman–Crippen LogP) is 2.74. The second-order valence-corrected chi connectivity index (χ2v) is 6.62. The van der Waals surface area contributed by atoms with E-state index in [-0.39, 0.29) is 5.91 Å². The first-order valence-corrected chi connectivity index (χ1v) is 8.67. The fourth-order valence-corrected chi connectivity index (χ4v) is 3.27. The Bertz CT molecular complexity index is 701. The first-order chi connectivity index (χ1) is 11.6. The second-order valence-electron chi connectivity index (χ2n) is 6.62. The van der Waals surface area contributed by atoms with E-state index in [1.165, 1.54) is 0 Å². The van der Waals surface area contributed by atoms with Crippen LogP contribution in [0.2, 0.25) is 0 Å². The van der Waals surface area contributed by atoms with E-state index in [0.29, 0.717) is 6.04 Å². The quantitative estimate of drug-likeness (QED) is 0.867. The number of hydrogen-bond donors (Lipinski definition) is 0. The largest absolute Gasteiger partial charge is 0.339 e. The van der Waals surface area contributed by atoms with E-state index in [4.69, 9.17) is 0 Å². The molecule has 1 aliphatic rings. The molecule has 1 aromatic heterocycles. The van der Waals surface area contributed by atoms with Gasteiger partial charge in [0.05, 0.1) is 6.20 Å². The number of piperidine rings is 1. The molecule has 0 unspecified atom stereocenters. The highest BCUT2D eigenvalue weighted by Gasteiger charge is 2.24. The minimum atomic E-state index is 0.106. The lowest BCUT2D eigenvalue weighted by molar-refractivity contribution is 0.0659. The van der Waals surface area contributed by atoms with Gasteiger partial charge in [0.1, 0.15) is 0 Å². The molecule has 0 radical (unpaired) electrons. The van der Waals surface area contributed by atoms with Gasteiger partial charge >= 0.3 is 0 Å². The van der Waals surface area contributed by atoms with E-state index < -0.39 is 0 Å². The number of hydrogen-bond acceptors (Lipinski definition) is 3. The Morgan fingerprint density at radius 3 is 2.71 bits per heavy atom. The maximum atomic E-state index is 12.9. The Kier molecular flexibility index (Phi) is 5.00. The summed E-state index contributed by atoms with van der Waals surface area (Å²) in [4.78, 5) is 17.1. The maximum absolute atomic E-state index is 12.9. The number of carbonyl (C=O) groups is 1. The fourth-order valence-electron chi connectivity index (χ4n) is 3.27. The highest BCUT2D eigenvalue weighted by Crippen LogP contribution is 2.22. The number of likely N-dealkylation sites (tertiary alicyclic amines) is 1. The third-order valence-electron chi connectivity index (χ3n) is 4.96. The lowest BCUT2D eigenvalue weighted by Gasteiger charge is -2.35. The van der Waals surface area contributed by atoms with Gasteiger partial charge in [0.2, 0.25) is 0 Å². The average Bonchev–Trinajstić information content (AvgIpc) is 3.10. The van der Waals surface area contributed by atoms with Gasteiger partial charge in [-0.05, 0) is 57.6 Å². The van der Waals surface area contributed by atoms with Crippen molar-refractivity contribution in [2.45, 2.75) is 32.4 Å². The van der Waals surface area contributed by atoms with Crippen LogP contribution in [-0.2, 0) is 6.54 Å². The van der Waals surface area contributed by atoms with Gasteiger partial charge in [-0.3, -0.25) is 9.48 Å². The Hall–Kier alpha value is -2.14. The zero-order chi connectivity index (χ0) is 17.1. The van der Waals surface area contributed by atoms with Crippen molar-refractivity contribution >= 4 is 5.91 Å². The molecule has 1 amide bonds. The van der Waals surface area contributed by atoms with E-state index in [1.807, 2.05) is 53.3 Å². The SMILES string of the molecule is CCn1cc(-c2cccc(C(=O)N(C)C3CCN(C)CC3)c2)cn1. The van der Waals surface area contributed by atoms with Crippen LogP contribution in [0.25, 0.3) is 11.1 Å². The molecular formula is C19H26N4O. The van der Waals surface area contributed by atoms with Gasteiger partial charge in [0, 0.05) is 37.0 Å². The molecule has 1 aliphatic heterocycles. The summed E-state index contributed by atoms with van der Waals surface area (Å²) in [6.07, 6.45) is 5.96. The van der Waals surface area contributed by atoms with Crippen molar-refractivity contribution in [3.05, 3.63) is 42.2 Å². The summed E-state index contributed by atoms with van der Waals surface area (Å²) in [5, 5.41) is 4.32. The smallest absolute Gasteiger partial charge is 0.253 e. The molecule has 0 aliphatic carbocycles. The number of aryl methyl sites for hydroxylation is 1. The third-order valence-corrected chi connectivity index (χ3v) is 4.96. The molecule has 1 saturated heterocycles. The van der Waals surface area contributed by atoms with Crippen molar-refractivity contribution in [3.63, 3.8) is 0 Å². The van der Waals surface area contributed by atoms with Crippen molar-refractivity contribution in [1.82, 2.24) is 19.6 Å². The van der Waals surface area contributed by atoms with Crippen LogP contribution < -0.4 is 0 Å². The molecule has 24 heavy (non-hydrogen) atoms. The topological polar surface area (TPSA) is 41.4 Å². The molecule has 5 nitrogen and oxygen atoms in total. The van der Waals surface area contributed by atoms with Gasteiger partial charge in [0.25, 0.3) is 5.91 Å². The van der Waals surface area contributed by atoms with Crippen LogP contribution >= 0.6 is 0 Å². The molecule has 0 N–H and O–H groups in total. The van der Waals surface area contributed by atoms with Crippen LogP contribution in [0.1, 0.15) is 30.1 Å². The lowest BCUT2D eigenvalue weighted by atomic mass is 10.0. The Morgan fingerprint density at radius 2 is 2.04 bits per heavy atom. The minimum absolute atomic E-state index is 0.106. The average molecular weight is 326 g/mol. The van der Waals surface area contributed by atoms with E-state index >= 15 is 0 Å². The molecule has 128 valence electrons. The molecule has 0 atom stereocenters. The van der Waals surface area contributed by atoms with Crippen molar-refractivity contribution in [1.29, 1.82) is 0 Å². The highest BCUT2D eigenvalue weighted by molar-refractivity contribution is 5.95. The molecule has 2 heterocycles. The predicted molar refractivity (Wildman–Crippen MR) is 95.9 cm³/mol. The fraction of sp³-hybridized carbons (Fsp3) is 0.474. The minimum Gasteiger partial charge on any atom is -0.339 e. The van der Waals surface area contributed by atoms with Crippen LogP contribution in [0, 0.1) is 0 Å². The van der Waals surface area contributed by atoms with E-state index in [2.05, 4.69) is 24.0 Å². The van der Waals surface area contributed by atoms with E-state index in [0.717, 1.165) is 49.2 Å². The summed E-state index contributed by atoms with van der Waals surface area (Å²) < 4.78 is 1.90. The Labute approximate surface area is 143 Å². The van der Waals surface area contributed by atoms with Crippen molar-refractivity contribution in [2.24, 2.45) is 0 Å². The van der Waals surface area contributed by atoms with Crippen LogP contribution in [0.15, 0.2) is 36.7 Å². The standard InChI is InChI=1S/C19H26N4O/c1-4-23-14-17(13-20-23)15-6-5-7-16(12-15)19(24)22(3)18-8-10-21(2)11-9-18/h5-7,12-14,18H,4,8-11H2,1-3H3. The van der Waals surface area contributed by atoms with Crippen molar-refractivity contribution < 1.29 is 4.79 Å². The molecule has 0 spiro atoms. The van der Waals surface area contributed by atoms with Crippen LogP contribution in [0.5, 0.6) is 0 Å². The van der Waals surface area contributed by atoms with Gasteiger partial charge in [-0.1, -0.05) is 12.1 Å². The van der Waals surface area contributed by atoms with E-state index in [9.17, 15) is 4.79 Å². The molecule has 0 bridgehead atoms. The van der Waals surface area contributed by atoms with Crippen LogP contribution in [0.4, 0.5) is 0 Å². The molecule has 1 fully saturated rings. The number of rotatable bonds is 4. The summed E-state index contributed by atoms with van der Waals surface area (Å²) in [5.74, 6) is 0.106. The van der Waals surface area contributed by atoms with Crippen molar-refractivity contribution in [2.75, 3.05) is 27.2 Å². The summed E-state index contributed by atoms with van der Waals surface area (Å²) in [7, 11) is 4.07. The Balaban J connectivity index is 1.76. The number of nitrogens with zero attached hydrogens (tertiary/aromatic N) is 4. The molecule has 3 rings (SSSR count). The third kappa shape index (κ3) is 3.51. The zero-order valence-electron chi connectivity index (χ0n) is 14.8. The van der Waals surface area contributed by atoms with E-state index in [1.54, 1.807) is 0 Å².